The van der Waals surface area contributed by atoms with E-state index < -0.39 is 0 Å². The lowest BCUT2D eigenvalue weighted by atomic mass is 10.2. The Kier molecular flexibility index (Phi) is 2.95. The number of hydrogen-bond acceptors (Lipinski definition) is 3. The van der Waals surface area contributed by atoms with Crippen LogP contribution in [0.25, 0.3) is 12.2 Å². The lowest BCUT2D eigenvalue weighted by molar-refractivity contribution is 0.239. The maximum atomic E-state index is 8.76. The van der Waals surface area contributed by atoms with Crippen molar-refractivity contribution < 1.29 is 9.52 Å². The van der Waals surface area contributed by atoms with Gasteiger partial charge in [-0.3, -0.25) is 0 Å². The summed E-state index contributed by atoms with van der Waals surface area (Å²) in [6, 6.07) is 9.91. The van der Waals surface area contributed by atoms with Crippen LogP contribution < -0.4 is 0 Å². The number of aliphatic hydroxyl groups is 1. The van der Waals surface area contributed by atoms with Crippen molar-refractivity contribution in [3.05, 3.63) is 53.7 Å². The van der Waals surface area contributed by atoms with Gasteiger partial charge in [0.2, 0.25) is 5.89 Å². The van der Waals surface area contributed by atoms with Gasteiger partial charge < -0.3 is 9.52 Å². The maximum absolute atomic E-state index is 8.76. The molecule has 0 aliphatic carbocycles. The van der Waals surface area contributed by atoms with E-state index in [1.54, 1.807) is 6.20 Å². The van der Waals surface area contributed by atoms with Gasteiger partial charge in [-0.25, -0.2) is 4.98 Å². The standard InChI is InChI=1S/C12H11NO2/c14-9-12-13-8-11(15-12)7-6-10-4-2-1-3-5-10/h1-8,14H,9H2/b7-6+. The topological polar surface area (TPSA) is 46.3 Å². The normalized spacial score (nSPS) is 11.0. The summed E-state index contributed by atoms with van der Waals surface area (Å²) >= 11 is 0. The Balaban J connectivity index is 2.11. The summed E-state index contributed by atoms with van der Waals surface area (Å²) < 4.78 is 5.21. The van der Waals surface area contributed by atoms with Crippen LogP contribution in [0.2, 0.25) is 0 Å². The number of rotatable bonds is 3. The van der Waals surface area contributed by atoms with Crippen molar-refractivity contribution >= 4 is 12.2 Å². The number of hydrogen-bond donors (Lipinski definition) is 1. The van der Waals surface area contributed by atoms with Crippen LogP contribution in [0.4, 0.5) is 0 Å². The molecule has 0 bridgehead atoms. The summed E-state index contributed by atoms with van der Waals surface area (Å²) in [4.78, 5) is 3.88. The second kappa shape index (κ2) is 4.57. The van der Waals surface area contributed by atoms with Gasteiger partial charge in [-0.1, -0.05) is 36.4 Å². The highest BCUT2D eigenvalue weighted by Gasteiger charge is 1.97. The lowest BCUT2D eigenvalue weighted by Gasteiger charge is -1.89. The Bertz CT molecular complexity index is 446. The SMILES string of the molecule is OCc1ncc(/C=C/c2ccccc2)o1. The molecule has 2 aromatic rings. The Morgan fingerprint density at radius 1 is 1.20 bits per heavy atom. The molecule has 3 heteroatoms. The minimum absolute atomic E-state index is 0.167. The van der Waals surface area contributed by atoms with Gasteiger partial charge in [-0.15, -0.1) is 0 Å². The van der Waals surface area contributed by atoms with Crippen LogP contribution in [0.1, 0.15) is 17.2 Å². The molecule has 0 saturated heterocycles. The van der Waals surface area contributed by atoms with Gasteiger partial charge in [-0.2, -0.15) is 0 Å². The molecule has 0 amide bonds. The third-order valence-corrected chi connectivity index (χ3v) is 1.95. The van der Waals surface area contributed by atoms with Gasteiger partial charge in [0.1, 0.15) is 12.4 Å². The highest BCUT2D eigenvalue weighted by molar-refractivity contribution is 5.66. The van der Waals surface area contributed by atoms with Crippen LogP contribution in [-0.2, 0) is 6.61 Å². The van der Waals surface area contributed by atoms with E-state index in [4.69, 9.17) is 9.52 Å². The summed E-state index contributed by atoms with van der Waals surface area (Å²) in [5, 5.41) is 8.76. The highest BCUT2D eigenvalue weighted by atomic mass is 16.4. The lowest BCUT2D eigenvalue weighted by Crippen LogP contribution is -1.78. The van der Waals surface area contributed by atoms with Crippen molar-refractivity contribution in [3.8, 4) is 0 Å². The Morgan fingerprint density at radius 3 is 2.67 bits per heavy atom. The Morgan fingerprint density at radius 2 is 2.00 bits per heavy atom. The van der Waals surface area contributed by atoms with Crippen molar-refractivity contribution in [2.45, 2.75) is 6.61 Å². The average molecular weight is 201 g/mol. The molecular formula is C12H11NO2. The second-order valence-corrected chi connectivity index (χ2v) is 3.06. The van der Waals surface area contributed by atoms with Crippen molar-refractivity contribution in [2.75, 3.05) is 0 Å². The zero-order valence-electron chi connectivity index (χ0n) is 8.13. The molecule has 0 atom stereocenters. The molecule has 0 aliphatic heterocycles. The first kappa shape index (κ1) is 9.68. The van der Waals surface area contributed by atoms with Crippen LogP contribution in [-0.4, -0.2) is 10.1 Å². The number of nitrogens with zero attached hydrogens (tertiary/aromatic N) is 1. The molecule has 1 aromatic carbocycles. The van der Waals surface area contributed by atoms with Crippen molar-refractivity contribution in [1.82, 2.24) is 4.98 Å². The average Bonchev–Trinajstić information content (AvgIpc) is 2.76. The van der Waals surface area contributed by atoms with Gasteiger partial charge >= 0.3 is 0 Å². The number of benzene rings is 1. The fraction of sp³-hybridized carbons (Fsp3) is 0.0833. The molecule has 0 fully saturated rings. The summed E-state index contributed by atoms with van der Waals surface area (Å²) in [6.45, 7) is -0.167. The maximum Gasteiger partial charge on any atom is 0.220 e. The molecule has 15 heavy (non-hydrogen) atoms. The molecule has 0 radical (unpaired) electrons. The fourth-order valence-electron chi connectivity index (χ4n) is 1.22. The molecular weight excluding hydrogens is 190 g/mol. The molecule has 0 aliphatic rings. The first-order valence-electron chi connectivity index (χ1n) is 4.67. The molecule has 1 aromatic heterocycles. The van der Waals surface area contributed by atoms with E-state index in [-0.39, 0.29) is 6.61 Å². The van der Waals surface area contributed by atoms with Gasteiger partial charge in [0.05, 0.1) is 6.20 Å². The van der Waals surface area contributed by atoms with Crippen LogP contribution in [0.15, 0.2) is 40.9 Å². The van der Waals surface area contributed by atoms with Crippen LogP contribution in [0, 0.1) is 0 Å². The first-order valence-corrected chi connectivity index (χ1v) is 4.67. The van der Waals surface area contributed by atoms with E-state index in [1.807, 2.05) is 42.5 Å². The summed E-state index contributed by atoms with van der Waals surface area (Å²) in [6.07, 6.45) is 5.34. The van der Waals surface area contributed by atoms with Crippen molar-refractivity contribution in [1.29, 1.82) is 0 Å². The van der Waals surface area contributed by atoms with Gasteiger partial charge in [0.25, 0.3) is 0 Å². The van der Waals surface area contributed by atoms with E-state index >= 15 is 0 Å². The summed E-state index contributed by atoms with van der Waals surface area (Å²) in [5.74, 6) is 0.977. The number of aromatic nitrogens is 1. The third kappa shape index (κ3) is 2.54. The second-order valence-electron chi connectivity index (χ2n) is 3.06. The smallest absolute Gasteiger partial charge is 0.220 e. The molecule has 1 N–H and O–H groups in total. The van der Waals surface area contributed by atoms with Crippen molar-refractivity contribution in [3.63, 3.8) is 0 Å². The zero-order chi connectivity index (χ0) is 10.5. The van der Waals surface area contributed by atoms with E-state index in [2.05, 4.69) is 4.98 Å². The third-order valence-electron chi connectivity index (χ3n) is 1.95. The van der Waals surface area contributed by atoms with Crippen LogP contribution in [0.5, 0.6) is 0 Å². The fourth-order valence-corrected chi connectivity index (χ4v) is 1.22. The molecule has 3 nitrogen and oxygen atoms in total. The monoisotopic (exact) mass is 201 g/mol. The summed E-state index contributed by atoms with van der Waals surface area (Å²) in [5.41, 5.74) is 1.10. The van der Waals surface area contributed by atoms with Gasteiger partial charge in [0, 0.05) is 0 Å². The zero-order valence-corrected chi connectivity index (χ0v) is 8.13. The quantitative estimate of drug-likeness (QED) is 0.829. The van der Waals surface area contributed by atoms with Crippen molar-refractivity contribution in [2.24, 2.45) is 0 Å². The molecule has 0 saturated carbocycles. The molecule has 0 spiro atoms. The Hall–Kier alpha value is -1.87. The Labute approximate surface area is 87.7 Å². The van der Waals surface area contributed by atoms with E-state index in [0.29, 0.717) is 11.7 Å². The predicted molar refractivity (Wildman–Crippen MR) is 57.8 cm³/mol. The molecule has 76 valence electrons. The minimum Gasteiger partial charge on any atom is -0.439 e. The summed E-state index contributed by atoms with van der Waals surface area (Å²) in [7, 11) is 0. The van der Waals surface area contributed by atoms with Gasteiger partial charge in [-0.05, 0) is 11.6 Å². The molecule has 0 unspecified atom stereocenters. The van der Waals surface area contributed by atoms with Crippen LogP contribution >= 0.6 is 0 Å². The van der Waals surface area contributed by atoms with E-state index in [9.17, 15) is 0 Å². The first-order chi connectivity index (χ1) is 7.38. The molecule has 2 rings (SSSR count). The van der Waals surface area contributed by atoms with E-state index in [1.165, 1.54) is 0 Å². The number of oxazole rings is 1. The predicted octanol–water partition coefficient (Wildman–Crippen LogP) is 2.34. The molecule has 1 heterocycles. The van der Waals surface area contributed by atoms with E-state index in [0.717, 1.165) is 5.56 Å². The highest BCUT2D eigenvalue weighted by Crippen LogP contribution is 2.09. The minimum atomic E-state index is -0.167. The van der Waals surface area contributed by atoms with Gasteiger partial charge in [0.15, 0.2) is 0 Å². The van der Waals surface area contributed by atoms with Crippen LogP contribution in [0.3, 0.4) is 0 Å². The number of aliphatic hydroxyl groups excluding tert-OH is 1. The largest absolute Gasteiger partial charge is 0.439 e.